The maximum atomic E-state index is 5.04. The lowest BCUT2D eigenvalue weighted by Crippen LogP contribution is -1.95. The van der Waals surface area contributed by atoms with Crippen LogP contribution >= 0.6 is 27.3 Å². The number of hydrogen-bond acceptors (Lipinski definition) is 3. The number of rotatable bonds is 5. The van der Waals surface area contributed by atoms with Gasteiger partial charge in [0, 0.05) is 23.7 Å². The second-order valence-corrected chi connectivity index (χ2v) is 5.18. The molecule has 1 aromatic rings. The lowest BCUT2D eigenvalue weighted by atomic mass is 10.1. The maximum absolute atomic E-state index is 5.04. The third-order valence-corrected chi connectivity index (χ3v) is 4.02. The van der Waals surface area contributed by atoms with Crippen molar-refractivity contribution in [3.8, 4) is 0 Å². The van der Waals surface area contributed by atoms with E-state index in [2.05, 4.69) is 34.8 Å². The van der Waals surface area contributed by atoms with Crippen LogP contribution in [0.4, 0.5) is 0 Å². The SMILES string of the molecule is COCCc1nc(C(C)C)c(CBr)s1. The highest BCUT2D eigenvalue weighted by atomic mass is 79.9. The Labute approximate surface area is 97.8 Å². The predicted octanol–water partition coefficient (Wildman–Crippen LogP) is 3.35. The molecule has 1 heterocycles. The predicted molar refractivity (Wildman–Crippen MR) is 64.4 cm³/mol. The highest BCUT2D eigenvalue weighted by Crippen LogP contribution is 2.27. The zero-order valence-electron chi connectivity index (χ0n) is 8.84. The third-order valence-electron chi connectivity index (χ3n) is 1.96. The Kier molecular flexibility index (Phi) is 5.06. The normalized spacial score (nSPS) is 11.2. The number of alkyl halides is 1. The van der Waals surface area contributed by atoms with Crippen LogP contribution in [-0.4, -0.2) is 18.7 Å². The van der Waals surface area contributed by atoms with Gasteiger partial charge in [0.25, 0.3) is 0 Å². The van der Waals surface area contributed by atoms with Crippen molar-refractivity contribution in [3.63, 3.8) is 0 Å². The van der Waals surface area contributed by atoms with Gasteiger partial charge in [-0.05, 0) is 5.92 Å². The first-order chi connectivity index (χ1) is 6.69. The molecule has 0 saturated carbocycles. The van der Waals surface area contributed by atoms with E-state index in [1.807, 2.05) is 0 Å². The largest absolute Gasteiger partial charge is 0.384 e. The molecule has 0 bridgehead atoms. The van der Waals surface area contributed by atoms with Gasteiger partial charge in [-0.3, -0.25) is 0 Å². The Morgan fingerprint density at radius 2 is 2.21 bits per heavy atom. The van der Waals surface area contributed by atoms with E-state index < -0.39 is 0 Å². The van der Waals surface area contributed by atoms with Gasteiger partial charge in [0.15, 0.2) is 0 Å². The summed E-state index contributed by atoms with van der Waals surface area (Å²) in [4.78, 5) is 5.98. The Balaban J connectivity index is 2.78. The summed E-state index contributed by atoms with van der Waals surface area (Å²) >= 11 is 5.29. The summed E-state index contributed by atoms with van der Waals surface area (Å²) in [5.41, 5.74) is 1.23. The van der Waals surface area contributed by atoms with Crippen LogP contribution in [0.25, 0.3) is 0 Å². The Morgan fingerprint density at radius 3 is 2.64 bits per heavy atom. The monoisotopic (exact) mass is 277 g/mol. The standard InChI is InChI=1S/C10H16BrNOS/c1-7(2)10-8(6-11)14-9(12-10)4-5-13-3/h7H,4-6H2,1-3H3. The van der Waals surface area contributed by atoms with Crippen LogP contribution in [-0.2, 0) is 16.5 Å². The average molecular weight is 278 g/mol. The van der Waals surface area contributed by atoms with Crippen molar-refractivity contribution in [2.24, 2.45) is 0 Å². The summed E-state index contributed by atoms with van der Waals surface area (Å²) < 4.78 is 5.04. The lowest BCUT2D eigenvalue weighted by Gasteiger charge is -2.01. The zero-order valence-corrected chi connectivity index (χ0v) is 11.2. The molecular formula is C10H16BrNOS. The molecule has 14 heavy (non-hydrogen) atoms. The fourth-order valence-electron chi connectivity index (χ4n) is 1.26. The molecule has 0 amide bonds. The minimum atomic E-state index is 0.509. The van der Waals surface area contributed by atoms with Crippen LogP contribution in [0.5, 0.6) is 0 Å². The highest BCUT2D eigenvalue weighted by molar-refractivity contribution is 9.08. The number of methoxy groups -OCH3 is 1. The zero-order chi connectivity index (χ0) is 10.6. The Hall–Kier alpha value is 0.0700. The minimum absolute atomic E-state index is 0.509. The van der Waals surface area contributed by atoms with Gasteiger partial charge in [0.2, 0.25) is 0 Å². The van der Waals surface area contributed by atoms with E-state index >= 15 is 0 Å². The molecule has 0 atom stereocenters. The molecule has 4 heteroatoms. The van der Waals surface area contributed by atoms with Gasteiger partial charge in [-0.2, -0.15) is 0 Å². The van der Waals surface area contributed by atoms with Crippen molar-refractivity contribution in [2.75, 3.05) is 13.7 Å². The number of thiazole rings is 1. The molecule has 0 unspecified atom stereocenters. The minimum Gasteiger partial charge on any atom is -0.384 e. The summed E-state index contributed by atoms with van der Waals surface area (Å²) in [6.07, 6.45) is 0.924. The van der Waals surface area contributed by atoms with E-state index in [0.29, 0.717) is 5.92 Å². The second-order valence-electron chi connectivity index (χ2n) is 3.45. The van der Waals surface area contributed by atoms with Crippen LogP contribution < -0.4 is 0 Å². The van der Waals surface area contributed by atoms with Crippen molar-refractivity contribution in [2.45, 2.75) is 31.5 Å². The lowest BCUT2D eigenvalue weighted by molar-refractivity contribution is 0.202. The van der Waals surface area contributed by atoms with Gasteiger partial charge in [-0.25, -0.2) is 4.98 Å². The molecule has 0 aliphatic heterocycles. The van der Waals surface area contributed by atoms with Gasteiger partial charge < -0.3 is 4.74 Å². The number of halogens is 1. The first-order valence-corrected chi connectivity index (χ1v) is 6.66. The first kappa shape index (κ1) is 12.1. The summed E-state index contributed by atoms with van der Waals surface area (Å²) in [5, 5.41) is 2.09. The number of aromatic nitrogens is 1. The molecule has 1 aromatic heterocycles. The van der Waals surface area contributed by atoms with Gasteiger partial charge >= 0.3 is 0 Å². The quantitative estimate of drug-likeness (QED) is 0.771. The molecular weight excluding hydrogens is 262 g/mol. The van der Waals surface area contributed by atoms with Crippen molar-refractivity contribution in [1.82, 2.24) is 4.98 Å². The molecule has 0 fully saturated rings. The van der Waals surface area contributed by atoms with Gasteiger partial charge in [0.1, 0.15) is 0 Å². The molecule has 1 rings (SSSR count). The van der Waals surface area contributed by atoms with Crippen LogP contribution in [0.2, 0.25) is 0 Å². The number of hydrogen-bond donors (Lipinski definition) is 0. The van der Waals surface area contributed by atoms with Gasteiger partial charge in [-0.1, -0.05) is 29.8 Å². The van der Waals surface area contributed by atoms with Gasteiger partial charge in [-0.15, -0.1) is 11.3 Å². The van der Waals surface area contributed by atoms with Crippen molar-refractivity contribution < 1.29 is 4.74 Å². The molecule has 0 aliphatic carbocycles. The molecule has 80 valence electrons. The van der Waals surface area contributed by atoms with Crippen molar-refractivity contribution in [1.29, 1.82) is 0 Å². The van der Waals surface area contributed by atoms with Gasteiger partial charge in [0.05, 0.1) is 17.3 Å². The van der Waals surface area contributed by atoms with Crippen LogP contribution in [0.1, 0.15) is 35.3 Å². The van der Waals surface area contributed by atoms with Crippen LogP contribution in [0.3, 0.4) is 0 Å². The van der Waals surface area contributed by atoms with E-state index in [0.717, 1.165) is 18.4 Å². The van der Waals surface area contributed by atoms with Crippen molar-refractivity contribution in [3.05, 3.63) is 15.6 Å². The fraction of sp³-hybridized carbons (Fsp3) is 0.700. The molecule has 0 radical (unpaired) electrons. The Morgan fingerprint density at radius 1 is 1.50 bits per heavy atom. The fourth-order valence-corrected chi connectivity index (χ4v) is 2.94. The molecule has 0 spiro atoms. The smallest absolute Gasteiger partial charge is 0.0954 e. The maximum Gasteiger partial charge on any atom is 0.0954 e. The Bertz CT molecular complexity index is 286. The molecule has 0 aliphatic rings. The summed E-state index contributed by atoms with van der Waals surface area (Å²) in [7, 11) is 1.72. The first-order valence-electron chi connectivity index (χ1n) is 4.72. The molecule has 0 aromatic carbocycles. The van der Waals surface area contributed by atoms with E-state index in [4.69, 9.17) is 4.74 Å². The second kappa shape index (κ2) is 5.83. The average Bonchev–Trinajstić information content (AvgIpc) is 2.57. The summed E-state index contributed by atoms with van der Waals surface area (Å²) in [6.45, 7) is 5.12. The van der Waals surface area contributed by atoms with E-state index in [1.165, 1.54) is 15.6 Å². The van der Waals surface area contributed by atoms with E-state index in [-0.39, 0.29) is 0 Å². The topological polar surface area (TPSA) is 22.1 Å². The van der Waals surface area contributed by atoms with Crippen molar-refractivity contribution >= 4 is 27.3 Å². The molecule has 0 saturated heterocycles. The summed E-state index contributed by atoms with van der Waals surface area (Å²) in [5.74, 6) is 0.509. The molecule has 2 nitrogen and oxygen atoms in total. The van der Waals surface area contributed by atoms with E-state index in [9.17, 15) is 0 Å². The third kappa shape index (κ3) is 3.04. The summed E-state index contributed by atoms with van der Waals surface area (Å²) in [6, 6.07) is 0. The van der Waals surface area contributed by atoms with E-state index in [1.54, 1.807) is 18.4 Å². The molecule has 0 N–H and O–H groups in total. The highest BCUT2D eigenvalue weighted by Gasteiger charge is 2.12. The van der Waals surface area contributed by atoms with Crippen LogP contribution in [0.15, 0.2) is 0 Å². The number of ether oxygens (including phenoxy) is 1. The van der Waals surface area contributed by atoms with Crippen LogP contribution in [0, 0.1) is 0 Å². The number of nitrogens with zero attached hydrogens (tertiary/aromatic N) is 1.